The van der Waals surface area contributed by atoms with Gasteiger partial charge in [-0.25, -0.2) is 0 Å². The Morgan fingerprint density at radius 1 is 1.10 bits per heavy atom. The predicted molar refractivity (Wildman–Crippen MR) is 82.8 cm³/mol. The zero-order valence-electron chi connectivity index (χ0n) is 11.9. The van der Waals surface area contributed by atoms with Crippen molar-refractivity contribution < 1.29 is 0 Å². The Balaban J connectivity index is 1.68. The lowest BCUT2D eigenvalue weighted by Crippen LogP contribution is -2.47. The molecule has 3 nitrogen and oxygen atoms in total. The highest BCUT2D eigenvalue weighted by Gasteiger charge is 2.33. The van der Waals surface area contributed by atoms with Gasteiger partial charge in [-0.1, -0.05) is 18.6 Å². The van der Waals surface area contributed by atoms with Crippen molar-refractivity contribution >= 4 is 10.9 Å². The molecule has 0 bridgehead atoms. The number of aromatic nitrogens is 1. The SMILES string of the molecule is c1cc2ccc([C@H](C3CCC3)N3CCNCC3)cc2[nH]1. The van der Waals surface area contributed by atoms with Gasteiger partial charge in [0.1, 0.15) is 0 Å². The number of nitrogens with zero attached hydrogens (tertiary/aromatic N) is 1. The standard InChI is InChI=1S/C17H23N3/c1-2-14(3-1)17(20-10-8-18-9-11-20)15-5-4-13-6-7-19-16(13)12-15/h4-7,12,14,17-19H,1-3,8-11H2/t17-/m0/s1. The average molecular weight is 269 g/mol. The summed E-state index contributed by atoms with van der Waals surface area (Å²) in [5, 5.41) is 4.79. The molecule has 0 unspecified atom stereocenters. The van der Waals surface area contributed by atoms with Crippen molar-refractivity contribution in [2.24, 2.45) is 5.92 Å². The molecule has 0 amide bonds. The summed E-state index contributed by atoms with van der Waals surface area (Å²) >= 11 is 0. The maximum atomic E-state index is 3.47. The quantitative estimate of drug-likeness (QED) is 0.897. The highest BCUT2D eigenvalue weighted by Crippen LogP contribution is 2.42. The minimum Gasteiger partial charge on any atom is -0.361 e. The number of rotatable bonds is 3. The number of H-pyrrole nitrogens is 1. The third-order valence-electron chi connectivity index (χ3n) is 5.06. The van der Waals surface area contributed by atoms with E-state index in [4.69, 9.17) is 0 Å². The van der Waals surface area contributed by atoms with Crippen LogP contribution in [0.1, 0.15) is 30.9 Å². The van der Waals surface area contributed by atoms with E-state index in [2.05, 4.69) is 39.5 Å². The van der Waals surface area contributed by atoms with E-state index in [-0.39, 0.29) is 0 Å². The fourth-order valence-corrected chi connectivity index (χ4v) is 3.75. The molecule has 4 rings (SSSR count). The molecule has 1 aromatic carbocycles. The van der Waals surface area contributed by atoms with Crippen LogP contribution >= 0.6 is 0 Å². The number of benzene rings is 1. The van der Waals surface area contributed by atoms with Crippen molar-refractivity contribution in [3.63, 3.8) is 0 Å². The van der Waals surface area contributed by atoms with Crippen LogP contribution in [-0.4, -0.2) is 36.1 Å². The number of hydrogen-bond donors (Lipinski definition) is 2. The first-order chi connectivity index (χ1) is 9.92. The van der Waals surface area contributed by atoms with E-state index in [1.165, 1.54) is 48.8 Å². The number of hydrogen-bond acceptors (Lipinski definition) is 2. The Hall–Kier alpha value is -1.32. The summed E-state index contributed by atoms with van der Waals surface area (Å²) in [7, 11) is 0. The molecule has 0 radical (unpaired) electrons. The average Bonchev–Trinajstić information content (AvgIpc) is 2.91. The third-order valence-corrected chi connectivity index (χ3v) is 5.06. The van der Waals surface area contributed by atoms with Crippen molar-refractivity contribution in [1.82, 2.24) is 15.2 Å². The summed E-state index contributed by atoms with van der Waals surface area (Å²) in [6.07, 6.45) is 6.25. The van der Waals surface area contributed by atoms with Crippen LogP contribution in [0.3, 0.4) is 0 Å². The van der Waals surface area contributed by atoms with Crippen LogP contribution in [0.4, 0.5) is 0 Å². The molecule has 1 aliphatic carbocycles. The third kappa shape index (κ3) is 2.15. The van der Waals surface area contributed by atoms with Gasteiger partial charge in [-0.3, -0.25) is 4.90 Å². The van der Waals surface area contributed by atoms with Crippen molar-refractivity contribution in [3.8, 4) is 0 Å². The summed E-state index contributed by atoms with van der Waals surface area (Å²) in [5.74, 6) is 0.862. The van der Waals surface area contributed by atoms with Crippen LogP contribution in [0.15, 0.2) is 30.5 Å². The van der Waals surface area contributed by atoms with Gasteiger partial charge in [-0.05, 0) is 41.8 Å². The van der Waals surface area contributed by atoms with E-state index in [9.17, 15) is 0 Å². The van der Waals surface area contributed by atoms with Gasteiger partial charge < -0.3 is 10.3 Å². The topological polar surface area (TPSA) is 31.1 Å². The van der Waals surface area contributed by atoms with Gasteiger partial charge in [-0.15, -0.1) is 0 Å². The second kappa shape index (κ2) is 5.23. The van der Waals surface area contributed by atoms with E-state index in [0.29, 0.717) is 6.04 Å². The molecule has 2 fully saturated rings. The first-order valence-corrected chi connectivity index (χ1v) is 7.93. The van der Waals surface area contributed by atoms with Crippen LogP contribution in [0.25, 0.3) is 10.9 Å². The normalized spacial score (nSPS) is 22.8. The molecule has 0 spiro atoms. The molecule has 1 aliphatic heterocycles. The number of piperazine rings is 1. The van der Waals surface area contributed by atoms with Gasteiger partial charge in [0.15, 0.2) is 0 Å². The summed E-state index contributed by atoms with van der Waals surface area (Å²) in [6, 6.07) is 9.78. The number of aromatic amines is 1. The minimum absolute atomic E-state index is 0.624. The molecule has 1 saturated heterocycles. The Morgan fingerprint density at radius 2 is 1.95 bits per heavy atom. The molecular weight excluding hydrogens is 246 g/mol. The van der Waals surface area contributed by atoms with E-state index in [1.807, 2.05) is 6.20 Å². The number of nitrogens with one attached hydrogen (secondary N) is 2. The lowest BCUT2D eigenvalue weighted by atomic mass is 9.76. The zero-order valence-corrected chi connectivity index (χ0v) is 11.9. The second-order valence-electron chi connectivity index (χ2n) is 6.25. The molecule has 3 heteroatoms. The van der Waals surface area contributed by atoms with E-state index >= 15 is 0 Å². The van der Waals surface area contributed by atoms with Gasteiger partial charge in [0.25, 0.3) is 0 Å². The fraction of sp³-hybridized carbons (Fsp3) is 0.529. The summed E-state index contributed by atoms with van der Waals surface area (Å²) in [4.78, 5) is 6.06. The zero-order chi connectivity index (χ0) is 13.4. The monoisotopic (exact) mass is 269 g/mol. The van der Waals surface area contributed by atoms with Crippen molar-refractivity contribution in [1.29, 1.82) is 0 Å². The first-order valence-electron chi connectivity index (χ1n) is 7.93. The van der Waals surface area contributed by atoms with Crippen LogP contribution in [0, 0.1) is 5.92 Å². The lowest BCUT2D eigenvalue weighted by molar-refractivity contribution is 0.0838. The molecule has 2 aromatic rings. The highest BCUT2D eigenvalue weighted by atomic mass is 15.2. The maximum absolute atomic E-state index is 3.47. The Kier molecular flexibility index (Phi) is 3.25. The highest BCUT2D eigenvalue weighted by molar-refractivity contribution is 5.80. The molecule has 20 heavy (non-hydrogen) atoms. The molecule has 106 valence electrons. The van der Waals surface area contributed by atoms with Crippen LogP contribution < -0.4 is 5.32 Å². The molecule has 2 N–H and O–H groups in total. The van der Waals surface area contributed by atoms with Gasteiger partial charge >= 0.3 is 0 Å². The van der Waals surface area contributed by atoms with Crippen molar-refractivity contribution in [2.45, 2.75) is 25.3 Å². The first kappa shape index (κ1) is 12.4. The minimum atomic E-state index is 0.624. The molecule has 2 aliphatic rings. The number of fused-ring (bicyclic) bond motifs is 1. The van der Waals surface area contributed by atoms with E-state index < -0.39 is 0 Å². The molecular formula is C17H23N3. The molecule has 1 aromatic heterocycles. The van der Waals surface area contributed by atoms with Crippen molar-refractivity contribution in [2.75, 3.05) is 26.2 Å². The van der Waals surface area contributed by atoms with E-state index in [0.717, 1.165) is 19.0 Å². The van der Waals surface area contributed by atoms with Crippen LogP contribution in [0.5, 0.6) is 0 Å². The van der Waals surface area contributed by atoms with Gasteiger partial charge in [0.05, 0.1) is 0 Å². The van der Waals surface area contributed by atoms with Gasteiger partial charge in [-0.2, -0.15) is 0 Å². The second-order valence-corrected chi connectivity index (χ2v) is 6.25. The summed E-state index contributed by atoms with van der Waals surface area (Å²) in [5.41, 5.74) is 2.79. The predicted octanol–water partition coefficient (Wildman–Crippen LogP) is 2.91. The molecule has 1 atom stereocenters. The van der Waals surface area contributed by atoms with Crippen LogP contribution in [-0.2, 0) is 0 Å². The maximum Gasteiger partial charge on any atom is 0.0457 e. The smallest absolute Gasteiger partial charge is 0.0457 e. The summed E-state index contributed by atoms with van der Waals surface area (Å²) < 4.78 is 0. The fourth-order valence-electron chi connectivity index (χ4n) is 3.75. The Bertz CT molecular complexity index is 579. The molecule has 2 heterocycles. The Morgan fingerprint density at radius 3 is 2.70 bits per heavy atom. The van der Waals surface area contributed by atoms with Gasteiger partial charge in [0.2, 0.25) is 0 Å². The molecule has 1 saturated carbocycles. The van der Waals surface area contributed by atoms with Crippen LogP contribution in [0.2, 0.25) is 0 Å². The largest absolute Gasteiger partial charge is 0.361 e. The Labute approximate surface area is 120 Å². The summed E-state index contributed by atoms with van der Waals surface area (Å²) in [6.45, 7) is 4.63. The van der Waals surface area contributed by atoms with E-state index in [1.54, 1.807) is 0 Å². The van der Waals surface area contributed by atoms with Crippen molar-refractivity contribution in [3.05, 3.63) is 36.0 Å². The van der Waals surface area contributed by atoms with Gasteiger partial charge in [0, 0.05) is 43.9 Å². The lowest BCUT2D eigenvalue weighted by Gasteiger charge is -2.43.